The first kappa shape index (κ1) is 25.4. The zero-order valence-electron chi connectivity index (χ0n) is 19.6. The minimum atomic E-state index is -1.04. The largest absolute Gasteiger partial charge is 0.469 e. The first-order valence-corrected chi connectivity index (χ1v) is 12.0. The number of ether oxygens (including phenoxy) is 1. The first-order valence-electron chi connectivity index (χ1n) is 11.6. The average Bonchev–Trinajstić information content (AvgIpc) is 3.32. The number of methoxy groups -OCH3 is 1. The van der Waals surface area contributed by atoms with E-state index in [0.717, 1.165) is 12.8 Å². The summed E-state index contributed by atoms with van der Waals surface area (Å²) in [5.74, 6) is -2.68. The minimum absolute atomic E-state index is 0.0223. The summed E-state index contributed by atoms with van der Waals surface area (Å²) in [5.41, 5.74) is 0.789. The molecule has 4 rings (SSSR count). The monoisotopic (exact) mass is 516 g/mol. The molecule has 0 aromatic heterocycles. The fourth-order valence-corrected chi connectivity index (χ4v) is 4.57. The van der Waals surface area contributed by atoms with E-state index in [1.54, 1.807) is 30.3 Å². The summed E-state index contributed by atoms with van der Waals surface area (Å²) in [6.45, 7) is 0.474. The van der Waals surface area contributed by atoms with Gasteiger partial charge >= 0.3 is 12.0 Å². The molecule has 2 N–H and O–H groups in total. The zero-order valence-corrected chi connectivity index (χ0v) is 20.4. The quantitative estimate of drug-likeness (QED) is 0.583. The third kappa shape index (κ3) is 5.59. The van der Waals surface area contributed by atoms with E-state index in [0.29, 0.717) is 29.4 Å². The second kappa shape index (κ2) is 10.9. The highest BCUT2D eigenvalue weighted by molar-refractivity contribution is 6.30. The molecule has 0 saturated carbocycles. The Morgan fingerprint density at radius 2 is 1.83 bits per heavy atom. The number of urea groups is 1. The van der Waals surface area contributed by atoms with Gasteiger partial charge < -0.3 is 25.2 Å². The normalized spacial score (nSPS) is 19.7. The topological polar surface area (TPSA) is 108 Å². The molecular formula is C25H26ClFN4O5. The molecule has 2 aromatic rings. The van der Waals surface area contributed by atoms with Gasteiger partial charge in [-0.3, -0.25) is 14.4 Å². The molecule has 4 amide bonds. The molecule has 0 aliphatic carbocycles. The number of likely N-dealkylation sites (tertiary alicyclic amines) is 1. The lowest BCUT2D eigenvalue weighted by molar-refractivity contribution is -0.144. The van der Waals surface area contributed by atoms with Crippen LogP contribution >= 0.6 is 11.6 Å². The number of halogens is 2. The molecule has 9 nitrogen and oxygen atoms in total. The second-order valence-electron chi connectivity index (χ2n) is 8.72. The molecule has 0 radical (unpaired) electrons. The Kier molecular flexibility index (Phi) is 7.73. The van der Waals surface area contributed by atoms with Crippen LogP contribution in [0.1, 0.15) is 25.7 Å². The van der Waals surface area contributed by atoms with E-state index in [4.69, 9.17) is 16.3 Å². The average molecular weight is 517 g/mol. The second-order valence-corrected chi connectivity index (χ2v) is 9.15. The van der Waals surface area contributed by atoms with Crippen molar-refractivity contribution in [2.24, 2.45) is 5.92 Å². The first-order chi connectivity index (χ1) is 17.3. The molecule has 2 fully saturated rings. The number of anilines is 3. The van der Waals surface area contributed by atoms with Crippen LogP contribution in [0.3, 0.4) is 0 Å². The van der Waals surface area contributed by atoms with Crippen LogP contribution in [-0.4, -0.2) is 55.0 Å². The number of amides is 4. The summed E-state index contributed by atoms with van der Waals surface area (Å²) >= 11 is 5.88. The van der Waals surface area contributed by atoms with Crippen LogP contribution < -0.4 is 15.5 Å². The lowest BCUT2D eigenvalue weighted by atomic mass is 10.1. The SMILES string of the molecule is COC(=O)C1CC(C(=O)Nc2ccc(N3CCCCC3=O)cc2F)N(C(=O)Nc2ccc(Cl)cc2)C1. The van der Waals surface area contributed by atoms with Crippen LogP contribution in [0.15, 0.2) is 42.5 Å². The van der Waals surface area contributed by atoms with E-state index in [2.05, 4.69) is 10.6 Å². The van der Waals surface area contributed by atoms with Gasteiger partial charge in [-0.2, -0.15) is 0 Å². The third-order valence-electron chi connectivity index (χ3n) is 6.34. The number of hydrogen-bond acceptors (Lipinski definition) is 5. The van der Waals surface area contributed by atoms with Crippen molar-refractivity contribution in [1.29, 1.82) is 0 Å². The molecule has 2 aliphatic heterocycles. The van der Waals surface area contributed by atoms with Gasteiger partial charge in [0.2, 0.25) is 11.8 Å². The van der Waals surface area contributed by atoms with Gasteiger partial charge in [0.05, 0.1) is 18.7 Å². The van der Waals surface area contributed by atoms with Gasteiger partial charge in [0.15, 0.2) is 0 Å². The van der Waals surface area contributed by atoms with E-state index in [9.17, 15) is 23.6 Å². The molecule has 2 saturated heterocycles. The highest BCUT2D eigenvalue weighted by Crippen LogP contribution is 2.29. The van der Waals surface area contributed by atoms with Gasteiger partial charge in [-0.05, 0) is 61.7 Å². The number of piperidine rings is 1. The summed E-state index contributed by atoms with van der Waals surface area (Å²) in [7, 11) is 1.23. The molecule has 36 heavy (non-hydrogen) atoms. The Morgan fingerprint density at radius 3 is 2.50 bits per heavy atom. The third-order valence-corrected chi connectivity index (χ3v) is 6.59. The van der Waals surface area contributed by atoms with Crippen LogP contribution in [0.25, 0.3) is 0 Å². The van der Waals surface area contributed by atoms with Crippen molar-refractivity contribution in [2.45, 2.75) is 31.7 Å². The standard InChI is InChI=1S/C25H26ClFN4O5/c1-36-24(34)15-12-21(31(14-15)25(35)28-17-7-5-16(26)6-8-17)23(33)29-20-10-9-18(13-19(20)27)30-11-3-2-4-22(30)32/h5-10,13,15,21H,2-4,11-12,14H2,1H3,(H,28,35)(H,29,33). The van der Waals surface area contributed by atoms with Gasteiger partial charge in [0, 0.05) is 35.9 Å². The van der Waals surface area contributed by atoms with Crippen molar-refractivity contribution in [2.75, 3.05) is 35.7 Å². The van der Waals surface area contributed by atoms with E-state index in [-0.39, 0.29) is 24.6 Å². The number of nitrogens with zero attached hydrogens (tertiary/aromatic N) is 2. The van der Waals surface area contributed by atoms with Crippen molar-refractivity contribution in [3.63, 3.8) is 0 Å². The molecule has 2 atom stereocenters. The highest BCUT2D eigenvalue weighted by atomic mass is 35.5. The van der Waals surface area contributed by atoms with Crippen molar-refractivity contribution in [3.8, 4) is 0 Å². The Bertz CT molecular complexity index is 1180. The smallest absolute Gasteiger partial charge is 0.322 e. The zero-order chi connectivity index (χ0) is 25.8. The van der Waals surface area contributed by atoms with Crippen molar-refractivity contribution >= 4 is 52.5 Å². The Labute approximate surface area is 212 Å². The molecule has 11 heteroatoms. The van der Waals surface area contributed by atoms with Crippen molar-refractivity contribution in [3.05, 3.63) is 53.3 Å². The van der Waals surface area contributed by atoms with E-state index >= 15 is 0 Å². The van der Waals surface area contributed by atoms with Gasteiger partial charge in [-0.1, -0.05) is 11.6 Å². The molecule has 0 spiro atoms. The van der Waals surface area contributed by atoms with Crippen molar-refractivity contribution in [1.82, 2.24) is 4.90 Å². The Balaban J connectivity index is 1.50. The van der Waals surface area contributed by atoms with E-state index in [1.165, 1.54) is 29.0 Å². The fraction of sp³-hybridized carbons (Fsp3) is 0.360. The number of rotatable bonds is 5. The number of benzene rings is 2. The lowest BCUT2D eigenvalue weighted by Gasteiger charge is -2.27. The van der Waals surface area contributed by atoms with E-state index in [1.807, 2.05) is 0 Å². The van der Waals surface area contributed by atoms with Crippen LogP contribution in [0.4, 0.5) is 26.2 Å². The van der Waals surface area contributed by atoms with E-state index < -0.39 is 35.7 Å². The van der Waals surface area contributed by atoms with Crippen molar-refractivity contribution < 1.29 is 28.3 Å². The maximum Gasteiger partial charge on any atom is 0.322 e. The van der Waals surface area contributed by atoms with Gasteiger partial charge in [-0.25, -0.2) is 9.18 Å². The predicted octanol–water partition coefficient (Wildman–Crippen LogP) is 4.03. The van der Waals surface area contributed by atoms with Gasteiger partial charge in [-0.15, -0.1) is 0 Å². The fourth-order valence-electron chi connectivity index (χ4n) is 4.44. The summed E-state index contributed by atoms with van der Waals surface area (Å²) in [6.07, 6.45) is 2.08. The summed E-state index contributed by atoms with van der Waals surface area (Å²) in [5, 5.41) is 5.70. The number of carbonyl (C=O) groups is 4. The predicted molar refractivity (Wildman–Crippen MR) is 132 cm³/mol. The minimum Gasteiger partial charge on any atom is -0.469 e. The molecule has 2 unspecified atom stereocenters. The summed E-state index contributed by atoms with van der Waals surface area (Å²) < 4.78 is 19.7. The number of hydrogen-bond donors (Lipinski definition) is 2. The molecular weight excluding hydrogens is 491 g/mol. The summed E-state index contributed by atoms with van der Waals surface area (Å²) in [4.78, 5) is 53.2. The number of esters is 1. The Morgan fingerprint density at radius 1 is 1.08 bits per heavy atom. The van der Waals surface area contributed by atoms with Gasteiger partial charge in [0.25, 0.3) is 0 Å². The highest BCUT2D eigenvalue weighted by Gasteiger charge is 2.43. The Hall–Kier alpha value is -3.66. The molecule has 0 bridgehead atoms. The van der Waals surface area contributed by atoms with Crippen LogP contribution in [-0.2, 0) is 19.1 Å². The van der Waals surface area contributed by atoms with Crippen LogP contribution in [0, 0.1) is 11.7 Å². The van der Waals surface area contributed by atoms with Gasteiger partial charge in [0.1, 0.15) is 11.9 Å². The number of nitrogens with one attached hydrogen (secondary N) is 2. The van der Waals surface area contributed by atoms with Crippen LogP contribution in [0.2, 0.25) is 5.02 Å². The lowest BCUT2D eigenvalue weighted by Crippen LogP contribution is -2.45. The van der Waals surface area contributed by atoms with Crippen LogP contribution in [0.5, 0.6) is 0 Å². The summed E-state index contributed by atoms with van der Waals surface area (Å²) in [6, 6.07) is 8.94. The maximum absolute atomic E-state index is 14.9. The molecule has 2 aliphatic rings. The maximum atomic E-state index is 14.9. The number of carbonyl (C=O) groups excluding carboxylic acids is 4. The molecule has 2 aromatic carbocycles. The molecule has 2 heterocycles. The molecule has 190 valence electrons.